The van der Waals surface area contributed by atoms with Crippen LogP contribution in [0.4, 0.5) is 0 Å². The number of nitrogens with one attached hydrogen (secondary N) is 1. The van der Waals surface area contributed by atoms with Crippen molar-refractivity contribution in [3.05, 3.63) is 12.7 Å². The topological polar surface area (TPSA) is 119 Å². The third-order valence-corrected chi connectivity index (χ3v) is 12.2. The number of hydrogen-bond donors (Lipinski definition) is 3. The Labute approximate surface area is 239 Å². The molecule has 0 aromatic rings. The maximum Gasteiger partial charge on any atom is 0.316 e. The van der Waals surface area contributed by atoms with E-state index < -0.39 is 33.8 Å². The SMILES string of the molecule is C=C[C@]1(C)C[C@H](OC(=O)CSC(C)(C)CNC(=O)[C@H](N)C(C)C)[C@@]2(C)[C@H](C)CC[C@@]3(CCC(=O)[C@@H]32)[C@@H](C)[C@H]1O. The van der Waals surface area contributed by atoms with Crippen LogP contribution < -0.4 is 11.1 Å². The van der Waals surface area contributed by atoms with E-state index in [1.54, 1.807) is 0 Å². The molecule has 7 nitrogen and oxygen atoms in total. The summed E-state index contributed by atoms with van der Waals surface area (Å²) in [7, 11) is 0. The summed E-state index contributed by atoms with van der Waals surface area (Å²) >= 11 is 1.43. The van der Waals surface area contributed by atoms with Gasteiger partial charge in [-0.2, -0.15) is 0 Å². The molecule has 0 spiro atoms. The molecular formula is C31H52N2O5S. The molecule has 9 atom stereocenters. The van der Waals surface area contributed by atoms with Crippen LogP contribution in [0.3, 0.4) is 0 Å². The van der Waals surface area contributed by atoms with Crippen molar-refractivity contribution < 1.29 is 24.2 Å². The minimum Gasteiger partial charge on any atom is -0.461 e. The van der Waals surface area contributed by atoms with Crippen molar-refractivity contribution in [2.45, 2.75) is 110 Å². The van der Waals surface area contributed by atoms with E-state index in [0.29, 0.717) is 19.4 Å². The Balaban J connectivity index is 1.82. The van der Waals surface area contributed by atoms with Gasteiger partial charge < -0.3 is 20.9 Å². The number of ether oxygens (including phenoxy) is 1. The van der Waals surface area contributed by atoms with Gasteiger partial charge in [-0.15, -0.1) is 18.3 Å². The Morgan fingerprint density at radius 1 is 1.28 bits per heavy atom. The first kappa shape index (κ1) is 32.1. The molecule has 0 heterocycles. The van der Waals surface area contributed by atoms with Crippen molar-refractivity contribution in [2.75, 3.05) is 12.3 Å². The summed E-state index contributed by atoms with van der Waals surface area (Å²) in [5.74, 6) is -0.243. The molecule has 0 saturated heterocycles. The van der Waals surface area contributed by atoms with Gasteiger partial charge in [0.05, 0.1) is 17.9 Å². The van der Waals surface area contributed by atoms with Crippen LogP contribution in [0, 0.1) is 39.9 Å². The molecule has 3 rings (SSSR count). The number of hydrogen-bond acceptors (Lipinski definition) is 7. The molecule has 0 unspecified atom stereocenters. The van der Waals surface area contributed by atoms with E-state index >= 15 is 0 Å². The lowest BCUT2D eigenvalue weighted by molar-refractivity contribution is -0.205. The number of esters is 1. The number of rotatable bonds is 9. The smallest absolute Gasteiger partial charge is 0.316 e. The summed E-state index contributed by atoms with van der Waals surface area (Å²) in [4.78, 5) is 39.2. The monoisotopic (exact) mass is 564 g/mol. The average Bonchev–Trinajstić information content (AvgIpc) is 3.24. The number of Topliss-reactive ketones (excluding diaryl/α,β-unsaturated/α-hetero) is 1. The minimum atomic E-state index is -0.684. The molecule has 0 aromatic carbocycles. The van der Waals surface area contributed by atoms with E-state index in [1.165, 1.54) is 11.8 Å². The lowest BCUT2D eigenvalue weighted by Gasteiger charge is -2.61. The first-order valence-electron chi connectivity index (χ1n) is 14.7. The molecule has 3 aliphatic rings. The van der Waals surface area contributed by atoms with Gasteiger partial charge in [-0.25, -0.2) is 0 Å². The van der Waals surface area contributed by atoms with Crippen molar-refractivity contribution in [2.24, 2.45) is 45.7 Å². The van der Waals surface area contributed by atoms with Gasteiger partial charge in [0.15, 0.2) is 0 Å². The highest BCUT2D eigenvalue weighted by Crippen LogP contribution is 2.68. The van der Waals surface area contributed by atoms with Crippen LogP contribution in [0.15, 0.2) is 12.7 Å². The highest BCUT2D eigenvalue weighted by molar-refractivity contribution is 8.01. The Hall–Kier alpha value is -1.38. The van der Waals surface area contributed by atoms with Crippen LogP contribution in [0.1, 0.15) is 87.5 Å². The molecule has 222 valence electrons. The molecule has 0 aliphatic heterocycles. The van der Waals surface area contributed by atoms with Gasteiger partial charge in [0, 0.05) is 34.5 Å². The Morgan fingerprint density at radius 3 is 2.51 bits per heavy atom. The average molecular weight is 565 g/mol. The number of thioether (sulfide) groups is 1. The summed E-state index contributed by atoms with van der Waals surface area (Å²) in [6.07, 6.45) is 4.17. The van der Waals surface area contributed by atoms with Crippen molar-refractivity contribution in [1.82, 2.24) is 5.32 Å². The first-order valence-corrected chi connectivity index (χ1v) is 15.6. The van der Waals surface area contributed by atoms with E-state index in [1.807, 2.05) is 40.7 Å². The van der Waals surface area contributed by atoms with Crippen molar-refractivity contribution in [3.8, 4) is 0 Å². The summed E-state index contributed by atoms with van der Waals surface area (Å²) in [5, 5.41) is 14.6. The molecule has 1 amide bonds. The van der Waals surface area contributed by atoms with Gasteiger partial charge in [0.1, 0.15) is 11.9 Å². The molecule has 3 saturated carbocycles. The zero-order chi connectivity index (χ0) is 29.6. The maximum atomic E-state index is 13.5. The Kier molecular flexibility index (Phi) is 9.46. The standard InChI is InChI=1S/C31H52N2O5S/c1-10-29(8)15-22(38-23(35)16-39-28(6,7)17-33-27(37)24(32)18(2)3)30(9)19(4)11-13-31(20(5)26(29)36)14-12-21(34)25(30)31/h10,18-20,22,24-26,36H,1,11-17,32H2,2-9H3,(H,33,37)/t19-,20+,22+,24-,25-,26-,29-,30-,31-/m1/s1. The highest BCUT2D eigenvalue weighted by Gasteiger charge is 2.68. The largest absolute Gasteiger partial charge is 0.461 e. The fourth-order valence-electron chi connectivity index (χ4n) is 7.72. The van der Waals surface area contributed by atoms with E-state index in [4.69, 9.17) is 10.5 Å². The highest BCUT2D eigenvalue weighted by atomic mass is 32.2. The second-order valence-corrected chi connectivity index (χ2v) is 15.8. The lowest BCUT2D eigenvalue weighted by Crippen LogP contribution is -2.63. The van der Waals surface area contributed by atoms with Gasteiger partial charge in [-0.1, -0.05) is 47.6 Å². The van der Waals surface area contributed by atoms with Crippen LogP contribution in [-0.4, -0.2) is 58.1 Å². The van der Waals surface area contributed by atoms with Crippen molar-refractivity contribution >= 4 is 29.4 Å². The Morgan fingerprint density at radius 2 is 1.92 bits per heavy atom. The summed E-state index contributed by atoms with van der Waals surface area (Å²) in [5.41, 5.74) is 4.49. The van der Waals surface area contributed by atoms with Gasteiger partial charge in [-0.3, -0.25) is 14.4 Å². The molecule has 2 bridgehead atoms. The van der Waals surface area contributed by atoms with E-state index in [2.05, 4.69) is 32.7 Å². The number of aliphatic hydroxyl groups excluding tert-OH is 1. The normalized spacial score (nSPS) is 39.4. The molecule has 3 aliphatic carbocycles. The number of carbonyl (C=O) groups is 3. The molecule has 0 aromatic heterocycles. The van der Waals surface area contributed by atoms with E-state index in [0.717, 1.165) is 19.3 Å². The van der Waals surface area contributed by atoms with Crippen LogP contribution in [0.2, 0.25) is 0 Å². The van der Waals surface area contributed by atoms with Crippen LogP contribution in [0.25, 0.3) is 0 Å². The van der Waals surface area contributed by atoms with Gasteiger partial charge in [0.25, 0.3) is 0 Å². The zero-order valence-corrected chi connectivity index (χ0v) is 26.2. The lowest BCUT2D eigenvalue weighted by atomic mass is 9.44. The quantitative estimate of drug-likeness (QED) is 0.279. The molecule has 3 fully saturated rings. The van der Waals surface area contributed by atoms with Gasteiger partial charge in [-0.05, 0) is 62.7 Å². The second-order valence-electron chi connectivity index (χ2n) is 14.1. The van der Waals surface area contributed by atoms with E-state index in [-0.39, 0.29) is 52.5 Å². The number of carbonyl (C=O) groups excluding carboxylic acids is 3. The number of aliphatic hydroxyl groups is 1. The van der Waals surface area contributed by atoms with Crippen LogP contribution >= 0.6 is 11.8 Å². The molecular weight excluding hydrogens is 512 g/mol. The summed E-state index contributed by atoms with van der Waals surface area (Å²) in [6.45, 7) is 20.7. The molecule has 8 heteroatoms. The zero-order valence-electron chi connectivity index (χ0n) is 25.3. The summed E-state index contributed by atoms with van der Waals surface area (Å²) < 4.78 is 5.92. The first-order chi connectivity index (χ1) is 17.9. The predicted octanol–water partition coefficient (Wildman–Crippen LogP) is 4.50. The number of amides is 1. The Bertz CT molecular complexity index is 969. The van der Waals surface area contributed by atoms with Crippen LogP contribution in [0.5, 0.6) is 0 Å². The van der Waals surface area contributed by atoms with Gasteiger partial charge in [0.2, 0.25) is 5.91 Å². The third-order valence-electron chi connectivity index (χ3n) is 10.9. The predicted molar refractivity (Wildman–Crippen MR) is 157 cm³/mol. The van der Waals surface area contributed by atoms with Crippen LogP contribution in [-0.2, 0) is 19.1 Å². The van der Waals surface area contributed by atoms with Crippen molar-refractivity contribution in [1.29, 1.82) is 0 Å². The molecule has 39 heavy (non-hydrogen) atoms. The molecule has 0 radical (unpaired) electrons. The fourth-order valence-corrected chi connectivity index (χ4v) is 8.47. The van der Waals surface area contributed by atoms with E-state index in [9.17, 15) is 19.5 Å². The van der Waals surface area contributed by atoms with Gasteiger partial charge >= 0.3 is 5.97 Å². The maximum absolute atomic E-state index is 13.5. The second kappa shape index (κ2) is 11.5. The third kappa shape index (κ3) is 5.85. The minimum absolute atomic E-state index is 0.0382. The molecule has 4 N–H and O–H groups in total. The van der Waals surface area contributed by atoms with Crippen molar-refractivity contribution in [3.63, 3.8) is 0 Å². The number of ketones is 1. The fraction of sp³-hybridized carbons (Fsp3) is 0.839. The number of nitrogens with two attached hydrogens (primary N) is 1. The summed E-state index contributed by atoms with van der Waals surface area (Å²) in [6, 6.07) is -0.573.